The van der Waals surface area contributed by atoms with Gasteiger partial charge in [-0.15, -0.1) is 23.2 Å². The average molecular weight is 243 g/mol. The Morgan fingerprint density at radius 1 is 1.21 bits per heavy atom. The van der Waals surface area contributed by atoms with Gasteiger partial charge in [0.25, 0.3) is 0 Å². The Bertz CT molecular complexity index is 270. The molecular formula is C11H12Cl2Si. The maximum atomic E-state index is 5.63. The molecule has 0 saturated heterocycles. The van der Waals surface area contributed by atoms with Crippen molar-refractivity contribution in [3.8, 4) is 0 Å². The first-order chi connectivity index (χ1) is 6.79. The number of halogens is 2. The van der Waals surface area contributed by atoms with E-state index in [1.165, 1.54) is 5.56 Å². The molecule has 0 aliphatic heterocycles. The van der Waals surface area contributed by atoms with Gasteiger partial charge in [0, 0.05) is 0 Å². The minimum absolute atomic E-state index is 0.194. The summed E-state index contributed by atoms with van der Waals surface area (Å²) >= 11 is 11.3. The minimum Gasteiger partial charge on any atom is -0.110 e. The van der Waals surface area contributed by atoms with E-state index in [9.17, 15) is 0 Å². The maximum absolute atomic E-state index is 5.63. The van der Waals surface area contributed by atoms with Gasteiger partial charge in [-0.1, -0.05) is 48.5 Å². The molecule has 74 valence electrons. The maximum Gasteiger partial charge on any atom is 0.0929 e. The van der Waals surface area contributed by atoms with Crippen LogP contribution in [0.2, 0.25) is 6.04 Å². The van der Waals surface area contributed by atoms with E-state index >= 15 is 0 Å². The summed E-state index contributed by atoms with van der Waals surface area (Å²) in [6.07, 6.45) is 5.34. The van der Waals surface area contributed by atoms with Crippen LogP contribution in [0.5, 0.6) is 0 Å². The lowest BCUT2D eigenvalue weighted by atomic mass is 10.2. The van der Waals surface area contributed by atoms with Crippen LogP contribution >= 0.6 is 23.2 Å². The van der Waals surface area contributed by atoms with E-state index in [0.29, 0.717) is 9.52 Å². The number of rotatable bonds is 5. The van der Waals surface area contributed by atoms with Crippen molar-refractivity contribution in [3.05, 3.63) is 42.0 Å². The normalized spacial score (nSPS) is 11.4. The zero-order valence-corrected chi connectivity index (χ0v) is 10.3. The first-order valence-electron chi connectivity index (χ1n) is 4.52. The van der Waals surface area contributed by atoms with Gasteiger partial charge >= 0.3 is 0 Å². The van der Waals surface area contributed by atoms with Crippen LogP contribution in [0.3, 0.4) is 0 Å². The van der Waals surface area contributed by atoms with Crippen molar-refractivity contribution >= 4 is 38.8 Å². The van der Waals surface area contributed by atoms with Crippen molar-refractivity contribution in [1.29, 1.82) is 0 Å². The van der Waals surface area contributed by atoms with Gasteiger partial charge in [-0.25, -0.2) is 0 Å². The second-order valence-electron chi connectivity index (χ2n) is 2.86. The third-order valence-corrected chi connectivity index (χ3v) is 3.53. The molecule has 0 spiro atoms. The molecule has 1 rings (SSSR count). The Morgan fingerprint density at radius 2 is 1.93 bits per heavy atom. The van der Waals surface area contributed by atoms with Crippen LogP contribution in [0, 0.1) is 0 Å². The monoisotopic (exact) mass is 242 g/mol. The molecule has 0 unspecified atom stereocenters. The van der Waals surface area contributed by atoms with Crippen LogP contribution in [-0.4, -0.2) is 14.0 Å². The summed E-state index contributed by atoms with van der Waals surface area (Å²) in [6, 6.07) is 11.3. The van der Waals surface area contributed by atoms with Crippen molar-refractivity contribution < 1.29 is 0 Å². The van der Waals surface area contributed by atoms with Crippen LogP contribution < -0.4 is 0 Å². The number of allylic oxidation sites excluding steroid dienone is 1. The highest BCUT2D eigenvalue weighted by Crippen LogP contribution is 2.06. The van der Waals surface area contributed by atoms with E-state index in [-0.39, 0.29) is 4.46 Å². The predicted octanol–water partition coefficient (Wildman–Crippen LogP) is 3.97. The van der Waals surface area contributed by atoms with Gasteiger partial charge in [0.2, 0.25) is 0 Å². The fraction of sp³-hybridized carbons (Fsp3) is 0.273. The first-order valence-corrected chi connectivity index (χ1v) is 6.68. The van der Waals surface area contributed by atoms with Crippen molar-refractivity contribution in [2.45, 2.75) is 16.9 Å². The fourth-order valence-electron chi connectivity index (χ4n) is 1.06. The number of benzene rings is 1. The summed E-state index contributed by atoms with van der Waals surface area (Å²) in [4.78, 5) is 0. The molecule has 0 fully saturated rings. The van der Waals surface area contributed by atoms with Crippen LogP contribution in [-0.2, 0) is 0 Å². The second kappa shape index (κ2) is 7.10. The quantitative estimate of drug-likeness (QED) is 0.417. The highest BCUT2D eigenvalue weighted by molar-refractivity contribution is 6.68. The van der Waals surface area contributed by atoms with E-state index in [4.69, 9.17) is 23.2 Å². The Kier molecular flexibility index (Phi) is 6.00. The van der Waals surface area contributed by atoms with Gasteiger partial charge in [0.15, 0.2) is 0 Å². The Morgan fingerprint density at radius 3 is 2.57 bits per heavy atom. The first kappa shape index (κ1) is 11.8. The number of alkyl halides is 2. The van der Waals surface area contributed by atoms with E-state index in [0.717, 1.165) is 12.5 Å². The molecule has 14 heavy (non-hydrogen) atoms. The molecule has 0 aromatic heterocycles. The van der Waals surface area contributed by atoms with Gasteiger partial charge in [-0.2, -0.15) is 0 Å². The largest absolute Gasteiger partial charge is 0.110 e. The Labute approximate surface area is 97.7 Å². The van der Waals surface area contributed by atoms with Gasteiger partial charge in [-0.05, 0) is 12.0 Å². The number of hydrogen-bond donors (Lipinski definition) is 0. The van der Waals surface area contributed by atoms with Crippen LogP contribution in [0.15, 0.2) is 36.4 Å². The molecule has 0 amide bonds. The molecule has 0 aliphatic rings. The standard InChI is InChI=1S/C11H12Cl2Si/c12-11(13)14-9-5-4-8-10-6-2-1-3-7-10/h1-4,6-8,11H,5,9H2. The highest BCUT2D eigenvalue weighted by Gasteiger charge is 1.97. The molecule has 0 bridgehead atoms. The summed E-state index contributed by atoms with van der Waals surface area (Å²) in [5, 5.41) is 0. The fourth-order valence-corrected chi connectivity index (χ4v) is 2.27. The lowest BCUT2D eigenvalue weighted by Crippen LogP contribution is -1.99. The molecule has 0 saturated carbocycles. The van der Waals surface area contributed by atoms with Gasteiger partial charge in [-0.3, -0.25) is 0 Å². The molecule has 2 radical (unpaired) electrons. The van der Waals surface area contributed by atoms with E-state index in [1.54, 1.807) is 0 Å². The molecule has 1 aromatic carbocycles. The second-order valence-corrected chi connectivity index (χ2v) is 6.17. The van der Waals surface area contributed by atoms with Crippen LogP contribution in [0.4, 0.5) is 0 Å². The summed E-state index contributed by atoms with van der Waals surface area (Å²) in [6.45, 7) is 0. The third kappa shape index (κ3) is 5.48. The number of hydrogen-bond acceptors (Lipinski definition) is 0. The molecule has 0 aliphatic carbocycles. The van der Waals surface area contributed by atoms with Gasteiger partial charge in [0.1, 0.15) is 0 Å². The summed E-state index contributed by atoms with van der Waals surface area (Å²) in [7, 11) is 0.636. The van der Waals surface area contributed by atoms with Crippen molar-refractivity contribution in [2.24, 2.45) is 0 Å². The molecule has 0 N–H and O–H groups in total. The summed E-state index contributed by atoms with van der Waals surface area (Å²) in [5.41, 5.74) is 1.24. The smallest absolute Gasteiger partial charge is 0.0929 e. The molecular weight excluding hydrogens is 231 g/mol. The zero-order chi connectivity index (χ0) is 10.2. The van der Waals surface area contributed by atoms with Crippen LogP contribution in [0.1, 0.15) is 12.0 Å². The third-order valence-electron chi connectivity index (χ3n) is 1.72. The van der Waals surface area contributed by atoms with E-state index in [2.05, 4.69) is 24.3 Å². The Balaban J connectivity index is 2.21. The van der Waals surface area contributed by atoms with Crippen LogP contribution in [0.25, 0.3) is 6.08 Å². The minimum atomic E-state index is -0.194. The SMILES string of the molecule is ClC(Cl)[Si]CCC=Cc1ccccc1. The van der Waals surface area contributed by atoms with E-state index in [1.807, 2.05) is 18.2 Å². The Hall–Kier alpha value is -0.243. The molecule has 0 nitrogen and oxygen atoms in total. The molecule has 3 heteroatoms. The van der Waals surface area contributed by atoms with Crippen molar-refractivity contribution in [3.63, 3.8) is 0 Å². The lowest BCUT2D eigenvalue weighted by Gasteiger charge is -1.95. The average Bonchev–Trinajstić information content (AvgIpc) is 2.18. The topological polar surface area (TPSA) is 0 Å². The van der Waals surface area contributed by atoms with Crippen molar-refractivity contribution in [2.75, 3.05) is 0 Å². The summed E-state index contributed by atoms with van der Waals surface area (Å²) in [5.74, 6) is 0. The summed E-state index contributed by atoms with van der Waals surface area (Å²) < 4.78 is -0.194. The van der Waals surface area contributed by atoms with Crippen molar-refractivity contribution in [1.82, 2.24) is 0 Å². The predicted molar refractivity (Wildman–Crippen MR) is 66.1 cm³/mol. The van der Waals surface area contributed by atoms with Gasteiger partial charge < -0.3 is 0 Å². The zero-order valence-electron chi connectivity index (χ0n) is 7.79. The highest BCUT2D eigenvalue weighted by atomic mass is 35.5. The molecule has 0 atom stereocenters. The lowest BCUT2D eigenvalue weighted by molar-refractivity contribution is 1.20. The van der Waals surface area contributed by atoms with E-state index < -0.39 is 0 Å². The molecule has 1 aromatic rings. The van der Waals surface area contributed by atoms with Gasteiger partial charge in [0.05, 0.1) is 14.0 Å². The molecule has 0 heterocycles.